The molecule has 11 rings (SSSR count). The molecule has 1 aliphatic carbocycles. The normalized spacial score (nSPS) is 12.9. The van der Waals surface area contributed by atoms with Gasteiger partial charge in [0.25, 0.3) is 0 Å². The molecule has 0 atom stereocenters. The number of hydrogen-bond acceptors (Lipinski definition) is 1. The molecule has 270 valence electrons. The van der Waals surface area contributed by atoms with E-state index in [1.807, 2.05) is 0 Å². The van der Waals surface area contributed by atoms with Crippen LogP contribution in [0.15, 0.2) is 206 Å². The summed E-state index contributed by atoms with van der Waals surface area (Å²) in [5, 5.41) is 4.94. The average Bonchev–Trinajstić information content (AvgIpc) is 3.74. The number of nitrogens with zero attached hydrogens (tertiary/aromatic N) is 2. The molecule has 0 fully saturated rings. The zero-order chi connectivity index (χ0) is 38.1. The van der Waals surface area contributed by atoms with E-state index in [2.05, 4.69) is 230 Å². The van der Waals surface area contributed by atoms with Gasteiger partial charge in [-0.2, -0.15) is 0 Å². The summed E-state index contributed by atoms with van der Waals surface area (Å²) < 4.78 is 2.40. The molecule has 0 bridgehead atoms. The maximum Gasteiger partial charge on any atom is 0.0547 e. The maximum atomic E-state index is 2.50. The van der Waals surface area contributed by atoms with E-state index in [1.54, 1.807) is 0 Å². The van der Waals surface area contributed by atoms with Crippen molar-refractivity contribution in [1.82, 2.24) is 4.57 Å². The van der Waals surface area contributed by atoms with Crippen LogP contribution < -0.4 is 4.90 Å². The Morgan fingerprint density at radius 2 is 0.982 bits per heavy atom. The van der Waals surface area contributed by atoms with Gasteiger partial charge in [-0.15, -0.1) is 0 Å². The molecule has 0 amide bonds. The Kier molecular flexibility index (Phi) is 7.55. The lowest BCUT2D eigenvalue weighted by Gasteiger charge is -2.30. The predicted octanol–water partition coefficient (Wildman–Crippen LogP) is 15.0. The lowest BCUT2D eigenvalue weighted by atomic mass is 9.82. The van der Waals surface area contributed by atoms with Crippen molar-refractivity contribution in [3.05, 3.63) is 217 Å². The summed E-state index contributed by atoms with van der Waals surface area (Å²) in [5.74, 6) is 0. The van der Waals surface area contributed by atoms with E-state index < -0.39 is 0 Å². The second-order valence-electron chi connectivity index (χ2n) is 15.7. The number of rotatable bonds is 6. The second kappa shape index (κ2) is 13.0. The molecule has 0 aliphatic heterocycles. The van der Waals surface area contributed by atoms with Gasteiger partial charge in [-0.3, -0.25) is 0 Å². The van der Waals surface area contributed by atoms with E-state index in [4.69, 9.17) is 0 Å². The van der Waals surface area contributed by atoms with Gasteiger partial charge in [0, 0.05) is 38.5 Å². The van der Waals surface area contributed by atoms with Crippen LogP contribution in [0, 0.1) is 0 Å². The highest BCUT2D eigenvalue weighted by atomic mass is 15.1. The molecule has 0 saturated heterocycles. The molecule has 0 spiro atoms. The zero-order valence-corrected chi connectivity index (χ0v) is 32.0. The first-order chi connectivity index (χ1) is 28.1. The van der Waals surface area contributed by atoms with Crippen LogP contribution in [0.5, 0.6) is 0 Å². The molecule has 1 aliphatic rings. The molecule has 1 heterocycles. The van der Waals surface area contributed by atoms with Gasteiger partial charge in [-0.1, -0.05) is 172 Å². The van der Waals surface area contributed by atoms with Crippen molar-refractivity contribution in [1.29, 1.82) is 0 Å². The molecule has 9 aromatic carbocycles. The van der Waals surface area contributed by atoms with E-state index >= 15 is 0 Å². The molecule has 0 N–H and O–H groups in total. The van der Waals surface area contributed by atoms with Gasteiger partial charge in [0.05, 0.1) is 22.4 Å². The molecule has 1 aromatic heterocycles. The third kappa shape index (κ3) is 5.11. The summed E-state index contributed by atoms with van der Waals surface area (Å²) in [5.41, 5.74) is 17.1. The number of para-hydroxylation sites is 2. The van der Waals surface area contributed by atoms with Crippen LogP contribution in [-0.4, -0.2) is 4.57 Å². The van der Waals surface area contributed by atoms with E-state index in [-0.39, 0.29) is 5.41 Å². The predicted molar refractivity (Wildman–Crippen MR) is 241 cm³/mol. The van der Waals surface area contributed by atoms with Crippen molar-refractivity contribution < 1.29 is 0 Å². The third-order valence-corrected chi connectivity index (χ3v) is 12.2. The molecule has 2 nitrogen and oxygen atoms in total. The van der Waals surface area contributed by atoms with Crippen molar-refractivity contribution in [2.75, 3.05) is 4.90 Å². The molecule has 57 heavy (non-hydrogen) atoms. The standard InChI is InChI=1S/C55H40N2/c1-55(2)47-26-13-11-23-45(47)54-48(55)27-16-30-52(54)57(40-33-31-38(32-34-40)37-17-5-3-6-18-37)50-36-35-42(41-21-9-10-22-43(41)50)44-25-15-29-51-53(44)46-24-12-14-28-49(46)56(51)39-19-7-4-8-20-39/h3-36H,1-2H3. The van der Waals surface area contributed by atoms with Crippen molar-refractivity contribution in [2.45, 2.75) is 19.3 Å². The molecule has 0 unspecified atom stereocenters. The monoisotopic (exact) mass is 728 g/mol. The number of aromatic nitrogens is 1. The SMILES string of the molecule is CC1(C)c2ccccc2-c2c(N(c3ccc(-c4ccccc4)cc3)c3ccc(-c4cccc5c4c4ccccc4n5-c4ccccc4)c4ccccc34)cccc21. The van der Waals surface area contributed by atoms with Gasteiger partial charge in [-0.05, 0) is 92.9 Å². The number of fused-ring (bicyclic) bond motifs is 7. The van der Waals surface area contributed by atoms with E-state index in [0.717, 1.165) is 17.1 Å². The Bertz CT molecular complexity index is 3130. The Morgan fingerprint density at radius 1 is 0.386 bits per heavy atom. The van der Waals surface area contributed by atoms with Gasteiger partial charge >= 0.3 is 0 Å². The smallest absolute Gasteiger partial charge is 0.0547 e. The van der Waals surface area contributed by atoms with E-state index in [0.29, 0.717) is 0 Å². The summed E-state index contributed by atoms with van der Waals surface area (Å²) >= 11 is 0. The van der Waals surface area contributed by atoms with Gasteiger partial charge in [0.15, 0.2) is 0 Å². The minimum Gasteiger partial charge on any atom is -0.309 e. The number of hydrogen-bond donors (Lipinski definition) is 0. The van der Waals surface area contributed by atoms with Crippen LogP contribution in [-0.2, 0) is 5.41 Å². The minimum absolute atomic E-state index is 0.117. The number of benzene rings is 9. The summed E-state index contributed by atoms with van der Waals surface area (Å²) in [6.45, 7) is 4.72. The van der Waals surface area contributed by atoms with Gasteiger partial charge < -0.3 is 9.47 Å². The van der Waals surface area contributed by atoms with Gasteiger partial charge in [0.2, 0.25) is 0 Å². The first-order valence-electron chi connectivity index (χ1n) is 19.9. The van der Waals surface area contributed by atoms with Crippen LogP contribution in [0.2, 0.25) is 0 Å². The summed E-state index contributed by atoms with van der Waals surface area (Å²) in [6.07, 6.45) is 0. The van der Waals surface area contributed by atoms with E-state index in [1.165, 1.54) is 82.8 Å². The molecule has 2 heteroatoms. The lowest BCUT2D eigenvalue weighted by molar-refractivity contribution is 0.660. The highest BCUT2D eigenvalue weighted by molar-refractivity contribution is 6.19. The zero-order valence-electron chi connectivity index (χ0n) is 32.0. The van der Waals surface area contributed by atoms with Gasteiger partial charge in [0.1, 0.15) is 0 Å². The van der Waals surface area contributed by atoms with Crippen molar-refractivity contribution in [3.8, 4) is 39.1 Å². The van der Waals surface area contributed by atoms with Gasteiger partial charge in [-0.25, -0.2) is 0 Å². The summed E-state index contributed by atoms with van der Waals surface area (Å²) in [4.78, 5) is 2.50. The highest BCUT2D eigenvalue weighted by Crippen LogP contribution is 2.55. The fourth-order valence-electron chi connectivity index (χ4n) is 9.58. The lowest BCUT2D eigenvalue weighted by Crippen LogP contribution is -2.16. The largest absolute Gasteiger partial charge is 0.309 e. The Labute approximate surface area is 333 Å². The Balaban J connectivity index is 1.16. The Morgan fingerprint density at radius 3 is 1.79 bits per heavy atom. The first-order valence-corrected chi connectivity index (χ1v) is 19.9. The van der Waals surface area contributed by atoms with Crippen LogP contribution in [0.3, 0.4) is 0 Å². The second-order valence-corrected chi connectivity index (χ2v) is 15.7. The molecular weight excluding hydrogens is 689 g/mol. The average molecular weight is 729 g/mol. The molecule has 0 radical (unpaired) electrons. The molecule has 10 aromatic rings. The van der Waals surface area contributed by atoms with Crippen LogP contribution >= 0.6 is 0 Å². The molecule has 0 saturated carbocycles. The van der Waals surface area contributed by atoms with Crippen LogP contribution in [0.4, 0.5) is 17.1 Å². The van der Waals surface area contributed by atoms with Crippen molar-refractivity contribution in [3.63, 3.8) is 0 Å². The highest BCUT2D eigenvalue weighted by Gasteiger charge is 2.38. The Hall–Kier alpha value is -7.16. The fourth-order valence-corrected chi connectivity index (χ4v) is 9.58. The topological polar surface area (TPSA) is 8.17 Å². The minimum atomic E-state index is -0.117. The number of anilines is 3. The molecular formula is C55H40N2. The quantitative estimate of drug-likeness (QED) is 0.165. The fraction of sp³-hybridized carbons (Fsp3) is 0.0545. The van der Waals surface area contributed by atoms with Crippen molar-refractivity contribution in [2.24, 2.45) is 0 Å². The van der Waals surface area contributed by atoms with Crippen LogP contribution in [0.1, 0.15) is 25.0 Å². The summed E-state index contributed by atoms with van der Waals surface area (Å²) in [6, 6.07) is 75.6. The third-order valence-electron chi connectivity index (χ3n) is 12.2. The first kappa shape index (κ1) is 33.2. The maximum absolute atomic E-state index is 2.50. The van der Waals surface area contributed by atoms with Crippen LogP contribution in [0.25, 0.3) is 71.6 Å². The van der Waals surface area contributed by atoms with Crippen molar-refractivity contribution >= 4 is 49.6 Å². The van der Waals surface area contributed by atoms with E-state index in [9.17, 15) is 0 Å². The summed E-state index contributed by atoms with van der Waals surface area (Å²) in [7, 11) is 0.